The highest BCUT2D eigenvalue weighted by Gasteiger charge is 2.31. The Balaban J connectivity index is 1.63. The van der Waals surface area contributed by atoms with Gasteiger partial charge < -0.3 is 20.3 Å². The Labute approximate surface area is 193 Å². The molecule has 3 N–H and O–H groups in total. The predicted octanol–water partition coefficient (Wildman–Crippen LogP) is 4.13. The molecule has 34 heavy (non-hydrogen) atoms. The van der Waals surface area contributed by atoms with Crippen LogP contribution >= 0.6 is 0 Å². The van der Waals surface area contributed by atoms with Crippen LogP contribution in [0.3, 0.4) is 0 Å². The number of aliphatic hydroxyl groups excluding tert-OH is 1. The van der Waals surface area contributed by atoms with Gasteiger partial charge in [0.05, 0.1) is 5.56 Å². The van der Waals surface area contributed by atoms with Gasteiger partial charge >= 0.3 is 12.1 Å². The summed E-state index contributed by atoms with van der Waals surface area (Å²) in [5.41, 5.74) is 0.510. The van der Waals surface area contributed by atoms with Gasteiger partial charge in [0.2, 0.25) is 0 Å². The lowest BCUT2D eigenvalue weighted by Crippen LogP contribution is -2.44. The molecule has 3 rings (SSSR count). The minimum Gasteiger partial charge on any atom is -0.489 e. The fraction of sp³-hybridized carbons (Fsp3) is 0.200. The molecule has 0 bridgehead atoms. The molecule has 3 aromatic carbocycles. The quantitative estimate of drug-likeness (QED) is 0.434. The Bertz CT molecular complexity index is 1120. The minimum atomic E-state index is -4.56. The van der Waals surface area contributed by atoms with Crippen LogP contribution in [-0.2, 0) is 28.8 Å². The Morgan fingerprint density at radius 3 is 2.18 bits per heavy atom. The number of carboxylic acid groups (broad SMARTS) is 1. The summed E-state index contributed by atoms with van der Waals surface area (Å²) in [6.07, 6.45) is -6.48. The fourth-order valence-electron chi connectivity index (χ4n) is 3.20. The number of carbonyl (C=O) groups is 2. The van der Waals surface area contributed by atoms with Gasteiger partial charge in [-0.3, -0.25) is 4.79 Å². The van der Waals surface area contributed by atoms with Crippen molar-refractivity contribution in [3.63, 3.8) is 0 Å². The molecule has 0 fully saturated rings. The van der Waals surface area contributed by atoms with E-state index in [-0.39, 0.29) is 12.0 Å². The molecule has 0 unspecified atom stereocenters. The van der Waals surface area contributed by atoms with Crippen molar-refractivity contribution in [3.8, 4) is 5.75 Å². The van der Waals surface area contributed by atoms with Gasteiger partial charge in [-0.2, -0.15) is 13.2 Å². The van der Waals surface area contributed by atoms with Gasteiger partial charge in [0, 0.05) is 6.42 Å². The third kappa shape index (κ3) is 6.82. The summed E-state index contributed by atoms with van der Waals surface area (Å²) < 4.78 is 43.8. The maximum Gasteiger partial charge on any atom is 0.416 e. The van der Waals surface area contributed by atoms with E-state index in [4.69, 9.17) is 4.74 Å². The first-order valence-corrected chi connectivity index (χ1v) is 10.3. The highest BCUT2D eigenvalue weighted by atomic mass is 19.4. The van der Waals surface area contributed by atoms with Crippen molar-refractivity contribution in [2.75, 3.05) is 0 Å². The van der Waals surface area contributed by atoms with Crippen molar-refractivity contribution in [3.05, 3.63) is 101 Å². The van der Waals surface area contributed by atoms with Crippen LogP contribution in [0.15, 0.2) is 78.9 Å². The van der Waals surface area contributed by atoms with Crippen molar-refractivity contribution >= 4 is 11.9 Å². The number of carboxylic acids is 1. The van der Waals surface area contributed by atoms with Crippen LogP contribution in [0.2, 0.25) is 0 Å². The average Bonchev–Trinajstić information content (AvgIpc) is 2.82. The summed E-state index contributed by atoms with van der Waals surface area (Å²) >= 11 is 0. The monoisotopic (exact) mass is 473 g/mol. The van der Waals surface area contributed by atoms with Gasteiger partial charge in [-0.25, -0.2) is 4.79 Å². The minimum absolute atomic E-state index is 0.0917. The third-order valence-corrected chi connectivity index (χ3v) is 5.00. The maximum atomic E-state index is 12.7. The van der Waals surface area contributed by atoms with Gasteiger partial charge in [0.1, 0.15) is 18.4 Å². The molecule has 0 aromatic heterocycles. The first-order valence-electron chi connectivity index (χ1n) is 10.3. The number of rotatable bonds is 9. The number of aliphatic carboxylic acids is 1. The summed E-state index contributed by atoms with van der Waals surface area (Å²) in [5, 5.41) is 22.0. The van der Waals surface area contributed by atoms with Gasteiger partial charge in [0.15, 0.2) is 6.10 Å². The molecule has 0 aliphatic carbocycles. The Kier molecular flexibility index (Phi) is 7.91. The summed E-state index contributed by atoms with van der Waals surface area (Å²) in [5.74, 6) is -1.85. The lowest BCUT2D eigenvalue weighted by Gasteiger charge is -2.18. The molecule has 0 aliphatic heterocycles. The first-order chi connectivity index (χ1) is 16.1. The normalized spacial score (nSPS) is 13.1. The number of alkyl halides is 3. The van der Waals surface area contributed by atoms with E-state index in [0.29, 0.717) is 17.9 Å². The molecule has 3 aromatic rings. The molecule has 0 saturated heterocycles. The number of hydrogen-bond acceptors (Lipinski definition) is 4. The van der Waals surface area contributed by atoms with Crippen molar-refractivity contribution in [2.24, 2.45) is 0 Å². The van der Waals surface area contributed by atoms with E-state index >= 15 is 0 Å². The van der Waals surface area contributed by atoms with Crippen LogP contribution in [0.1, 0.15) is 28.4 Å². The SMILES string of the molecule is O=C(N[C@H](Cc1cccc(OCc2ccccc2)c1)C(=O)O)[C@@H](O)c1ccc(C(F)(F)F)cc1. The largest absolute Gasteiger partial charge is 0.489 e. The second-order valence-electron chi connectivity index (χ2n) is 7.55. The predicted molar refractivity (Wildman–Crippen MR) is 117 cm³/mol. The standard InChI is InChI=1S/C25H22F3NO5/c26-25(27,28)19-11-9-18(10-12-19)22(30)23(31)29-21(24(32)33)14-17-7-4-8-20(13-17)34-15-16-5-2-1-3-6-16/h1-13,21-22,30H,14-15H2,(H,29,31)(H,32,33)/t21-,22+/m1/s1. The van der Waals surface area contributed by atoms with Gasteiger partial charge in [0.25, 0.3) is 5.91 Å². The molecular formula is C25H22F3NO5. The van der Waals surface area contributed by atoms with Gasteiger partial charge in [-0.05, 0) is 41.0 Å². The van der Waals surface area contributed by atoms with E-state index in [1.165, 1.54) is 0 Å². The molecule has 0 aliphatic rings. The van der Waals surface area contributed by atoms with E-state index in [9.17, 15) is 33.0 Å². The van der Waals surface area contributed by atoms with Crippen molar-refractivity contribution in [2.45, 2.75) is 31.3 Å². The van der Waals surface area contributed by atoms with Crippen LogP contribution in [-0.4, -0.2) is 28.1 Å². The van der Waals surface area contributed by atoms with E-state index in [1.54, 1.807) is 24.3 Å². The molecule has 178 valence electrons. The van der Waals surface area contributed by atoms with Crippen LogP contribution < -0.4 is 10.1 Å². The number of aliphatic hydroxyl groups is 1. The third-order valence-electron chi connectivity index (χ3n) is 5.00. The summed E-state index contributed by atoms with van der Waals surface area (Å²) in [4.78, 5) is 24.1. The number of nitrogens with one attached hydrogen (secondary N) is 1. The van der Waals surface area contributed by atoms with Crippen molar-refractivity contribution in [1.29, 1.82) is 0 Å². The van der Waals surface area contributed by atoms with Gasteiger partial charge in [-0.15, -0.1) is 0 Å². The average molecular weight is 473 g/mol. The lowest BCUT2D eigenvalue weighted by molar-refractivity contribution is -0.143. The smallest absolute Gasteiger partial charge is 0.416 e. The second kappa shape index (κ2) is 10.8. The summed E-state index contributed by atoms with van der Waals surface area (Å²) in [6.45, 7) is 0.322. The van der Waals surface area contributed by atoms with Crippen molar-refractivity contribution in [1.82, 2.24) is 5.32 Å². The molecule has 0 saturated carbocycles. The lowest BCUT2D eigenvalue weighted by atomic mass is 10.0. The molecule has 0 heterocycles. The van der Waals surface area contributed by atoms with E-state index in [1.807, 2.05) is 30.3 Å². The van der Waals surface area contributed by atoms with Crippen LogP contribution in [0.4, 0.5) is 13.2 Å². The first kappa shape index (κ1) is 24.8. The van der Waals surface area contributed by atoms with E-state index in [2.05, 4.69) is 5.32 Å². The molecule has 2 atom stereocenters. The molecular weight excluding hydrogens is 451 g/mol. The van der Waals surface area contributed by atoms with Gasteiger partial charge in [-0.1, -0.05) is 54.6 Å². The fourth-order valence-corrected chi connectivity index (χ4v) is 3.20. The molecule has 0 spiro atoms. The topological polar surface area (TPSA) is 95.9 Å². The zero-order valence-corrected chi connectivity index (χ0v) is 17.8. The Hall–Kier alpha value is -3.85. The second-order valence-corrected chi connectivity index (χ2v) is 7.55. The number of halogens is 3. The highest BCUT2D eigenvalue weighted by molar-refractivity contribution is 5.87. The number of amides is 1. The van der Waals surface area contributed by atoms with Crippen LogP contribution in [0.25, 0.3) is 0 Å². The summed E-state index contributed by atoms with van der Waals surface area (Å²) in [7, 11) is 0. The van der Waals surface area contributed by atoms with E-state index < -0.39 is 35.8 Å². The van der Waals surface area contributed by atoms with Crippen LogP contribution in [0, 0.1) is 0 Å². The number of benzene rings is 3. The molecule has 9 heteroatoms. The number of carbonyl (C=O) groups excluding carboxylic acids is 1. The summed E-state index contributed by atoms with van der Waals surface area (Å²) in [6, 6.07) is 18.2. The number of ether oxygens (including phenoxy) is 1. The van der Waals surface area contributed by atoms with Crippen LogP contribution in [0.5, 0.6) is 5.75 Å². The highest BCUT2D eigenvalue weighted by Crippen LogP contribution is 2.30. The Morgan fingerprint density at radius 1 is 0.912 bits per heavy atom. The zero-order valence-electron chi connectivity index (χ0n) is 17.8. The van der Waals surface area contributed by atoms with E-state index in [0.717, 1.165) is 29.8 Å². The Morgan fingerprint density at radius 2 is 1.56 bits per heavy atom. The number of hydrogen-bond donors (Lipinski definition) is 3. The maximum absolute atomic E-state index is 12.7. The molecule has 1 amide bonds. The molecule has 0 radical (unpaired) electrons. The molecule has 6 nitrogen and oxygen atoms in total. The zero-order chi connectivity index (χ0) is 24.7. The van der Waals surface area contributed by atoms with Crippen molar-refractivity contribution < 1.29 is 37.7 Å².